The van der Waals surface area contributed by atoms with E-state index in [4.69, 9.17) is 21.3 Å². The SMILES string of the molecule is Cc1ccc(C(=O)N(CCN2CCOCC2)c2nc3c(C)cc(Cl)cc3s2)cc1C. The molecule has 1 fully saturated rings. The molecule has 5 nitrogen and oxygen atoms in total. The highest BCUT2D eigenvalue weighted by Crippen LogP contribution is 2.33. The van der Waals surface area contributed by atoms with Gasteiger partial charge in [-0.25, -0.2) is 4.98 Å². The molecule has 2 aromatic carbocycles. The number of rotatable bonds is 5. The lowest BCUT2D eigenvalue weighted by molar-refractivity contribution is 0.0391. The molecule has 0 unspecified atom stereocenters. The van der Waals surface area contributed by atoms with Crippen LogP contribution in [-0.2, 0) is 4.74 Å². The van der Waals surface area contributed by atoms with E-state index in [0.717, 1.165) is 54.2 Å². The summed E-state index contributed by atoms with van der Waals surface area (Å²) in [6.07, 6.45) is 0. The fraction of sp³-hybridized carbons (Fsp3) is 0.391. The number of fused-ring (bicyclic) bond motifs is 1. The molecular weight excluding hydrogens is 418 g/mol. The number of amides is 1. The number of anilines is 1. The lowest BCUT2D eigenvalue weighted by Gasteiger charge is -2.29. The van der Waals surface area contributed by atoms with Crippen LogP contribution in [0.1, 0.15) is 27.0 Å². The molecule has 0 saturated carbocycles. The van der Waals surface area contributed by atoms with Gasteiger partial charge in [-0.15, -0.1) is 0 Å². The van der Waals surface area contributed by atoms with Gasteiger partial charge in [-0.1, -0.05) is 29.0 Å². The van der Waals surface area contributed by atoms with Crippen LogP contribution in [0.15, 0.2) is 30.3 Å². The minimum Gasteiger partial charge on any atom is -0.379 e. The van der Waals surface area contributed by atoms with Crippen molar-refractivity contribution in [2.24, 2.45) is 0 Å². The molecular formula is C23H26ClN3O2S. The zero-order valence-corrected chi connectivity index (χ0v) is 19.1. The monoisotopic (exact) mass is 443 g/mol. The van der Waals surface area contributed by atoms with Crippen molar-refractivity contribution in [1.29, 1.82) is 0 Å². The zero-order chi connectivity index (χ0) is 21.3. The fourth-order valence-electron chi connectivity index (χ4n) is 3.64. The van der Waals surface area contributed by atoms with Crippen LogP contribution in [0.2, 0.25) is 5.02 Å². The summed E-state index contributed by atoms with van der Waals surface area (Å²) in [6, 6.07) is 9.71. The van der Waals surface area contributed by atoms with Gasteiger partial charge in [-0.3, -0.25) is 14.6 Å². The zero-order valence-electron chi connectivity index (χ0n) is 17.6. The maximum absolute atomic E-state index is 13.5. The molecule has 1 aromatic heterocycles. The summed E-state index contributed by atoms with van der Waals surface area (Å²) >= 11 is 7.76. The first kappa shape index (κ1) is 21.2. The average molecular weight is 444 g/mol. The van der Waals surface area contributed by atoms with Gasteiger partial charge in [0, 0.05) is 36.8 Å². The Bertz CT molecular complexity index is 1080. The van der Waals surface area contributed by atoms with Crippen LogP contribution >= 0.6 is 22.9 Å². The summed E-state index contributed by atoms with van der Waals surface area (Å²) in [5.74, 6) is -0.0193. The van der Waals surface area contributed by atoms with Crippen molar-refractivity contribution in [3.05, 3.63) is 57.6 Å². The van der Waals surface area contributed by atoms with Crippen LogP contribution in [0.5, 0.6) is 0 Å². The minimum absolute atomic E-state index is 0.0193. The topological polar surface area (TPSA) is 45.7 Å². The molecule has 4 rings (SSSR count). The van der Waals surface area contributed by atoms with Gasteiger partial charge >= 0.3 is 0 Å². The second kappa shape index (κ2) is 9.02. The largest absolute Gasteiger partial charge is 0.379 e. The molecule has 1 aliphatic heterocycles. The van der Waals surface area contributed by atoms with E-state index >= 15 is 0 Å². The van der Waals surface area contributed by atoms with Crippen molar-refractivity contribution in [3.63, 3.8) is 0 Å². The Labute approximate surface area is 186 Å². The summed E-state index contributed by atoms with van der Waals surface area (Å²) in [4.78, 5) is 22.5. The summed E-state index contributed by atoms with van der Waals surface area (Å²) in [5.41, 5.74) is 4.90. The molecule has 0 N–H and O–H groups in total. The number of halogens is 1. The van der Waals surface area contributed by atoms with Crippen molar-refractivity contribution in [2.75, 3.05) is 44.3 Å². The van der Waals surface area contributed by atoms with Gasteiger partial charge < -0.3 is 4.74 Å². The van der Waals surface area contributed by atoms with Gasteiger partial charge in [0.15, 0.2) is 5.13 Å². The van der Waals surface area contributed by atoms with Crippen LogP contribution < -0.4 is 4.90 Å². The van der Waals surface area contributed by atoms with E-state index in [-0.39, 0.29) is 5.91 Å². The number of nitrogens with zero attached hydrogens (tertiary/aromatic N) is 3. The number of morpholine rings is 1. The van der Waals surface area contributed by atoms with E-state index < -0.39 is 0 Å². The molecule has 0 bridgehead atoms. The maximum atomic E-state index is 13.5. The molecule has 2 heterocycles. The minimum atomic E-state index is -0.0193. The van der Waals surface area contributed by atoms with Gasteiger partial charge in [-0.05, 0) is 61.7 Å². The third-order valence-electron chi connectivity index (χ3n) is 5.61. The second-order valence-electron chi connectivity index (χ2n) is 7.78. The molecule has 0 radical (unpaired) electrons. The van der Waals surface area contributed by atoms with Crippen LogP contribution in [-0.4, -0.2) is 55.2 Å². The number of hydrogen-bond acceptors (Lipinski definition) is 5. The van der Waals surface area contributed by atoms with Gasteiger partial charge in [0.2, 0.25) is 0 Å². The maximum Gasteiger partial charge on any atom is 0.260 e. The van der Waals surface area contributed by atoms with Gasteiger partial charge in [0.1, 0.15) is 0 Å². The third-order valence-corrected chi connectivity index (χ3v) is 6.86. The van der Waals surface area contributed by atoms with Crippen molar-refractivity contribution >= 4 is 44.2 Å². The Hall–Kier alpha value is -1.99. The third kappa shape index (κ3) is 4.52. The first-order valence-corrected chi connectivity index (χ1v) is 11.4. The van der Waals surface area contributed by atoms with Crippen LogP contribution in [0, 0.1) is 20.8 Å². The van der Waals surface area contributed by atoms with Crippen molar-refractivity contribution in [2.45, 2.75) is 20.8 Å². The molecule has 30 heavy (non-hydrogen) atoms. The highest BCUT2D eigenvalue weighted by molar-refractivity contribution is 7.22. The standard InChI is InChI=1S/C23H26ClN3O2S/c1-15-4-5-18(12-16(15)2)22(28)27(7-6-26-8-10-29-11-9-26)23-25-21-17(3)13-19(24)14-20(21)30-23/h4-5,12-14H,6-11H2,1-3H3. The molecule has 0 spiro atoms. The van der Waals surface area contributed by atoms with Crippen molar-refractivity contribution < 1.29 is 9.53 Å². The smallest absolute Gasteiger partial charge is 0.260 e. The van der Waals surface area contributed by atoms with E-state index in [1.807, 2.05) is 49.1 Å². The van der Waals surface area contributed by atoms with Gasteiger partial charge in [-0.2, -0.15) is 0 Å². The molecule has 1 aliphatic rings. The van der Waals surface area contributed by atoms with Gasteiger partial charge in [0.25, 0.3) is 5.91 Å². The number of aryl methyl sites for hydroxylation is 3. The van der Waals surface area contributed by atoms with E-state index in [9.17, 15) is 4.79 Å². The number of thiazole rings is 1. The summed E-state index contributed by atoms with van der Waals surface area (Å²) < 4.78 is 6.45. The second-order valence-corrected chi connectivity index (χ2v) is 9.22. The molecule has 1 saturated heterocycles. The number of carbonyl (C=O) groups excluding carboxylic acids is 1. The molecule has 0 atom stereocenters. The van der Waals surface area contributed by atoms with Gasteiger partial charge in [0.05, 0.1) is 23.4 Å². The van der Waals surface area contributed by atoms with Crippen LogP contribution in [0.3, 0.4) is 0 Å². The van der Waals surface area contributed by atoms with E-state index in [0.29, 0.717) is 22.3 Å². The Morgan fingerprint density at radius 2 is 1.90 bits per heavy atom. The molecule has 1 amide bonds. The highest BCUT2D eigenvalue weighted by atomic mass is 35.5. The van der Waals surface area contributed by atoms with E-state index in [1.54, 1.807) is 0 Å². The summed E-state index contributed by atoms with van der Waals surface area (Å²) in [5, 5.41) is 1.41. The quantitative estimate of drug-likeness (QED) is 0.565. The first-order chi connectivity index (χ1) is 14.4. The normalized spacial score (nSPS) is 14.9. The Morgan fingerprint density at radius 3 is 2.63 bits per heavy atom. The van der Waals surface area contributed by atoms with Crippen LogP contribution in [0.25, 0.3) is 10.2 Å². The molecule has 158 valence electrons. The summed E-state index contributed by atoms with van der Waals surface area (Å²) in [6.45, 7) is 10.7. The highest BCUT2D eigenvalue weighted by Gasteiger charge is 2.23. The fourth-order valence-corrected chi connectivity index (χ4v) is 5.08. The lowest BCUT2D eigenvalue weighted by atomic mass is 10.1. The number of aromatic nitrogens is 1. The Morgan fingerprint density at radius 1 is 1.13 bits per heavy atom. The number of carbonyl (C=O) groups is 1. The van der Waals surface area contributed by atoms with Crippen molar-refractivity contribution in [1.82, 2.24) is 9.88 Å². The van der Waals surface area contributed by atoms with Crippen LogP contribution in [0.4, 0.5) is 5.13 Å². The predicted molar refractivity (Wildman–Crippen MR) is 124 cm³/mol. The Kier molecular flexibility index (Phi) is 6.39. The predicted octanol–water partition coefficient (Wildman–Crippen LogP) is 4.85. The Balaban J connectivity index is 1.68. The van der Waals surface area contributed by atoms with E-state index in [2.05, 4.69) is 11.8 Å². The molecule has 3 aromatic rings. The number of hydrogen-bond donors (Lipinski definition) is 0. The first-order valence-electron chi connectivity index (χ1n) is 10.2. The van der Waals surface area contributed by atoms with Crippen molar-refractivity contribution in [3.8, 4) is 0 Å². The average Bonchev–Trinajstić information content (AvgIpc) is 3.15. The molecule has 0 aliphatic carbocycles. The number of benzene rings is 2. The molecule has 7 heteroatoms. The summed E-state index contributed by atoms with van der Waals surface area (Å²) in [7, 11) is 0. The van der Waals surface area contributed by atoms with E-state index in [1.165, 1.54) is 16.9 Å². The lowest BCUT2D eigenvalue weighted by Crippen LogP contribution is -2.43. The number of ether oxygens (including phenoxy) is 1.